The zero-order chi connectivity index (χ0) is 13.8. The van der Waals surface area contributed by atoms with Gasteiger partial charge in [-0.3, -0.25) is 4.79 Å². The third-order valence-electron chi connectivity index (χ3n) is 3.25. The summed E-state index contributed by atoms with van der Waals surface area (Å²) >= 11 is 0. The van der Waals surface area contributed by atoms with Crippen LogP contribution < -0.4 is 11.1 Å². The number of carbonyl (C=O) groups excluding carboxylic acids is 1. The Hall–Kier alpha value is -0.660. The van der Waals surface area contributed by atoms with Crippen LogP contribution in [0.4, 0.5) is 0 Å². The van der Waals surface area contributed by atoms with Gasteiger partial charge in [0.15, 0.2) is 0 Å². The maximum atomic E-state index is 12.2. The van der Waals surface area contributed by atoms with E-state index in [9.17, 15) is 13.2 Å². The SMILES string of the molecule is CC(CS(C)(=O)=O)NC(=O)C1(CN)CCOCC1. The molecule has 106 valence electrons. The second kappa shape index (κ2) is 5.99. The number of ether oxygens (including phenoxy) is 1. The van der Waals surface area contributed by atoms with Gasteiger partial charge in [0.25, 0.3) is 0 Å². The Morgan fingerprint density at radius 2 is 2.00 bits per heavy atom. The molecular formula is C11H22N2O4S. The summed E-state index contributed by atoms with van der Waals surface area (Å²) in [5.74, 6) is -0.222. The van der Waals surface area contributed by atoms with E-state index in [2.05, 4.69) is 5.32 Å². The molecule has 18 heavy (non-hydrogen) atoms. The monoisotopic (exact) mass is 278 g/mol. The maximum absolute atomic E-state index is 12.2. The topological polar surface area (TPSA) is 98.5 Å². The van der Waals surface area contributed by atoms with Gasteiger partial charge in [0.05, 0.1) is 11.2 Å². The van der Waals surface area contributed by atoms with Gasteiger partial charge in [-0.25, -0.2) is 8.42 Å². The second-order valence-electron chi connectivity index (χ2n) is 5.06. The average Bonchev–Trinajstić information content (AvgIpc) is 2.27. The Labute approximate surface area is 108 Å². The van der Waals surface area contributed by atoms with Crippen molar-refractivity contribution in [3.63, 3.8) is 0 Å². The summed E-state index contributed by atoms with van der Waals surface area (Å²) in [5, 5.41) is 2.74. The maximum Gasteiger partial charge on any atom is 0.227 e. The lowest BCUT2D eigenvalue weighted by Gasteiger charge is -2.35. The predicted molar refractivity (Wildman–Crippen MR) is 68.9 cm³/mol. The van der Waals surface area contributed by atoms with E-state index in [1.807, 2.05) is 0 Å². The normalized spacial score (nSPS) is 21.3. The van der Waals surface area contributed by atoms with E-state index in [0.29, 0.717) is 26.1 Å². The first-order valence-corrected chi connectivity index (χ1v) is 8.12. The largest absolute Gasteiger partial charge is 0.381 e. The first-order chi connectivity index (χ1) is 8.29. The molecule has 1 unspecified atom stereocenters. The van der Waals surface area contributed by atoms with Gasteiger partial charge in [-0.15, -0.1) is 0 Å². The molecule has 1 aliphatic heterocycles. The summed E-state index contributed by atoms with van der Waals surface area (Å²) in [4.78, 5) is 12.2. The van der Waals surface area contributed by atoms with Crippen LogP contribution >= 0.6 is 0 Å². The minimum Gasteiger partial charge on any atom is -0.381 e. The van der Waals surface area contributed by atoms with Gasteiger partial charge in [-0.2, -0.15) is 0 Å². The Kier molecular flexibility index (Phi) is 5.12. The summed E-state index contributed by atoms with van der Waals surface area (Å²) in [6.45, 7) is 2.98. The van der Waals surface area contributed by atoms with E-state index < -0.39 is 21.3 Å². The van der Waals surface area contributed by atoms with Gasteiger partial charge >= 0.3 is 0 Å². The molecule has 0 aliphatic carbocycles. The van der Waals surface area contributed by atoms with Gasteiger partial charge in [0.1, 0.15) is 9.84 Å². The number of sulfone groups is 1. The van der Waals surface area contributed by atoms with E-state index in [4.69, 9.17) is 10.5 Å². The fourth-order valence-electron chi connectivity index (χ4n) is 2.16. The summed E-state index contributed by atoms with van der Waals surface area (Å²) in [6.07, 6.45) is 2.32. The quantitative estimate of drug-likeness (QED) is 0.692. The highest BCUT2D eigenvalue weighted by molar-refractivity contribution is 7.90. The minimum absolute atomic E-state index is 0.0596. The van der Waals surface area contributed by atoms with Gasteiger partial charge in [-0.1, -0.05) is 0 Å². The molecule has 7 heteroatoms. The van der Waals surface area contributed by atoms with Gasteiger partial charge in [0.2, 0.25) is 5.91 Å². The van der Waals surface area contributed by atoms with Crippen LogP contribution in [0.25, 0.3) is 0 Å². The van der Waals surface area contributed by atoms with Crippen molar-refractivity contribution in [3.05, 3.63) is 0 Å². The van der Waals surface area contributed by atoms with Crippen molar-refractivity contribution >= 4 is 15.7 Å². The van der Waals surface area contributed by atoms with Crippen LogP contribution in [0, 0.1) is 5.41 Å². The van der Waals surface area contributed by atoms with Gasteiger partial charge < -0.3 is 15.8 Å². The minimum atomic E-state index is -3.10. The van der Waals surface area contributed by atoms with Crippen LogP contribution in [0.3, 0.4) is 0 Å². The molecule has 0 aromatic rings. The predicted octanol–water partition coefficient (Wildman–Crippen LogP) is -0.709. The van der Waals surface area contributed by atoms with Crippen LogP contribution in [0.15, 0.2) is 0 Å². The van der Waals surface area contributed by atoms with Crippen molar-refractivity contribution in [1.29, 1.82) is 0 Å². The van der Waals surface area contributed by atoms with Crippen molar-refractivity contribution in [2.75, 3.05) is 31.8 Å². The summed E-state index contributed by atoms with van der Waals surface area (Å²) in [7, 11) is -3.10. The van der Waals surface area contributed by atoms with Crippen molar-refractivity contribution in [1.82, 2.24) is 5.32 Å². The number of carbonyl (C=O) groups is 1. The molecular weight excluding hydrogens is 256 g/mol. The van der Waals surface area contributed by atoms with Crippen molar-refractivity contribution in [3.8, 4) is 0 Å². The molecule has 1 fully saturated rings. The van der Waals surface area contributed by atoms with Crippen molar-refractivity contribution in [2.24, 2.45) is 11.1 Å². The Bertz CT molecular complexity index is 388. The molecule has 0 spiro atoms. The Balaban J connectivity index is 2.62. The summed E-state index contributed by atoms with van der Waals surface area (Å²) < 4.78 is 27.5. The average molecular weight is 278 g/mol. The van der Waals surface area contributed by atoms with E-state index in [1.165, 1.54) is 0 Å². The van der Waals surface area contributed by atoms with E-state index >= 15 is 0 Å². The van der Waals surface area contributed by atoms with Gasteiger partial charge in [-0.05, 0) is 19.8 Å². The zero-order valence-electron chi connectivity index (χ0n) is 10.9. The van der Waals surface area contributed by atoms with Crippen LogP contribution in [-0.2, 0) is 19.4 Å². The van der Waals surface area contributed by atoms with E-state index in [1.54, 1.807) is 6.92 Å². The van der Waals surface area contributed by atoms with Crippen molar-refractivity contribution in [2.45, 2.75) is 25.8 Å². The second-order valence-corrected chi connectivity index (χ2v) is 7.25. The molecule has 6 nitrogen and oxygen atoms in total. The lowest BCUT2D eigenvalue weighted by Crippen LogP contribution is -2.52. The zero-order valence-corrected chi connectivity index (χ0v) is 11.8. The van der Waals surface area contributed by atoms with E-state index in [-0.39, 0.29) is 18.2 Å². The van der Waals surface area contributed by atoms with Crippen LogP contribution in [-0.4, -0.2) is 52.1 Å². The fraction of sp³-hybridized carbons (Fsp3) is 0.909. The lowest BCUT2D eigenvalue weighted by molar-refractivity contribution is -0.136. The molecule has 0 radical (unpaired) electrons. The molecule has 0 aromatic carbocycles. The third kappa shape index (κ3) is 4.22. The Morgan fingerprint density at radius 3 is 2.44 bits per heavy atom. The lowest BCUT2D eigenvalue weighted by atomic mass is 9.79. The van der Waals surface area contributed by atoms with Crippen LogP contribution in [0.1, 0.15) is 19.8 Å². The molecule has 1 atom stereocenters. The summed E-state index contributed by atoms with van der Waals surface area (Å²) in [5.41, 5.74) is 5.10. The number of hydrogen-bond acceptors (Lipinski definition) is 5. The molecule has 3 N–H and O–H groups in total. The first kappa shape index (κ1) is 15.4. The van der Waals surface area contributed by atoms with Crippen LogP contribution in [0.2, 0.25) is 0 Å². The van der Waals surface area contributed by atoms with Gasteiger partial charge in [0, 0.05) is 32.1 Å². The highest BCUT2D eigenvalue weighted by Gasteiger charge is 2.39. The molecule has 0 saturated carbocycles. The number of amides is 1. The number of nitrogens with two attached hydrogens (primary N) is 1. The van der Waals surface area contributed by atoms with E-state index in [0.717, 1.165) is 6.26 Å². The molecule has 1 saturated heterocycles. The molecule has 1 aliphatic rings. The molecule has 1 amide bonds. The number of nitrogens with one attached hydrogen (secondary N) is 1. The highest BCUT2D eigenvalue weighted by Crippen LogP contribution is 2.29. The molecule has 1 rings (SSSR count). The molecule has 0 aromatic heterocycles. The van der Waals surface area contributed by atoms with Crippen molar-refractivity contribution < 1.29 is 17.9 Å². The Morgan fingerprint density at radius 1 is 1.44 bits per heavy atom. The van der Waals surface area contributed by atoms with Crippen LogP contribution in [0.5, 0.6) is 0 Å². The fourth-order valence-corrected chi connectivity index (χ4v) is 3.15. The number of hydrogen-bond donors (Lipinski definition) is 2. The summed E-state index contributed by atoms with van der Waals surface area (Å²) in [6, 6.07) is -0.404. The standard InChI is InChI=1S/C11H22N2O4S/c1-9(7-18(2,15)16)13-10(14)11(8-12)3-5-17-6-4-11/h9H,3-8,12H2,1-2H3,(H,13,14). The highest BCUT2D eigenvalue weighted by atomic mass is 32.2. The smallest absolute Gasteiger partial charge is 0.227 e. The first-order valence-electron chi connectivity index (χ1n) is 6.05. The number of rotatable bonds is 5. The molecule has 1 heterocycles. The third-order valence-corrected chi connectivity index (χ3v) is 4.36. The molecule has 0 bridgehead atoms.